The molecular weight excluding hydrogens is 228 g/mol. The summed E-state index contributed by atoms with van der Waals surface area (Å²) in [4.78, 5) is 14.4. The average molecular weight is 252 g/mol. The Kier molecular flexibility index (Phi) is 3.32. The van der Waals surface area contributed by atoms with Gasteiger partial charge in [0.25, 0.3) is 0 Å². The van der Waals surface area contributed by atoms with E-state index in [1.54, 1.807) is 0 Å². The van der Waals surface area contributed by atoms with Crippen LogP contribution in [0.1, 0.15) is 38.5 Å². The first-order valence-electron chi connectivity index (χ1n) is 7.37. The summed E-state index contributed by atoms with van der Waals surface area (Å²) in [6.45, 7) is 3.01. The van der Waals surface area contributed by atoms with E-state index in [4.69, 9.17) is 5.11 Å². The quantitative estimate of drug-likeness (QED) is 0.776. The van der Waals surface area contributed by atoms with Crippen molar-refractivity contribution in [2.45, 2.75) is 44.6 Å². The van der Waals surface area contributed by atoms with Crippen LogP contribution in [0.4, 0.5) is 0 Å². The molecule has 0 radical (unpaired) electrons. The van der Waals surface area contributed by atoms with Crippen LogP contribution in [0.3, 0.4) is 0 Å². The van der Waals surface area contributed by atoms with Gasteiger partial charge in [0.15, 0.2) is 0 Å². The SMILES string of the molecule is O=C(NC1CCN(CCO)CC1)[C@H]1CC12CCC2. The van der Waals surface area contributed by atoms with Crippen molar-refractivity contribution >= 4 is 5.91 Å². The van der Waals surface area contributed by atoms with Crippen molar-refractivity contribution < 1.29 is 9.90 Å². The number of amides is 1. The molecule has 0 aromatic carbocycles. The molecule has 1 aliphatic heterocycles. The van der Waals surface area contributed by atoms with Gasteiger partial charge >= 0.3 is 0 Å². The van der Waals surface area contributed by atoms with E-state index in [0.29, 0.717) is 23.3 Å². The molecule has 3 fully saturated rings. The fourth-order valence-corrected chi connectivity index (χ4v) is 3.65. The molecule has 0 unspecified atom stereocenters. The van der Waals surface area contributed by atoms with Crippen LogP contribution < -0.4 is 5.32 Å². The first-order valence-corrected chi connectivity index (χ1v) is 7.37. The number of nitrogens with zero attached hydrogens (tertiary/aromatic N) is 1. The van der Waals surface area contributed by atoms with Crippen molar-refractivity contribution in [3.05, 3.63) is 0 Å². The highest BCUT2D eigenvalue weighted by Gasteiger charge is 2.60. The fraction of sp³-hybridized carbons (Fsp3) is 0.929. The Morgan fingerprint density at radius 1 is 1.33 bits per heavy atom. The highest BCUT2D eigenvalue weighted by atomic mass is 16.3. The van der Waals surface area contributed by atoms with Crippen LogP contribution in [-0.2, 0) is 4.79 Å². The van der Waals surface area contributed by atoms with Gasteiger partial charge in [-0.1, -0.05) is 6.42 Å². The molecule has 3 rings (SSSR count). The van der Waals surface area contributed by atoms with Gasteiger partial charge in [-0.15, -0.1) is 0 Å². The average Bonchev–Trinajstić information content (AvgIpc) is 3.07. The molecular formula is C14H24N2O2. The Balaban J connectivity index is 1.40. The third kappa shape index (κ3) is 2.28. The molecule has 4 heteroatoms. The van der Waals surface area contributed by atoms with Crippen LogP contribution in [0.25, 0.3) is 0 Å². The lowest BCUT2D eigenvalue weighted by molar-refractivity contribution is -0.124. The molecule has 0 bridgehead atoms. The maximum Gasteiger partial charge on any atom is 0.223 e. The van der Waals surface area contributed by atoms with Crippen LogP contribution in [0.5, 0.6) is 0 Å². The summed E-state index contributed by atoms with van der Waals surface area (Å²) >= 11 is 0. The van der Waals surface area contributed by atoms with Gasteiger partial charge < -0.3 is 15.3 Å². The predicted molar refractivity (Wildman–Crippen MR) is 69.1 cm³/mol. The van der Waals surface area contributed by atoms with E-state index in [2.05, 4.69) is 10.2 Å². The number of carbonyl (C=O) groups excluding carboxylic acids is 1. The molecule has 0 aromatic rings. The van der Waals surface area contributed by atoms with Crippen LogP contribution >= 0.6 is 0 Å². The van der Waals surface area contributed by atoms with Gasteiger partial charge in [-0.3, -0.25) is 4.79 Å². The molecule has 3 aliphatic rings. The Bertz CT molecular complexity index is 320. The zero-order valence-corrected chi connectivity index (χ0v) is 11.0. The minimum Gasteiger partial charge on any atom is -0.395 e. The third-order valence-corrected chi connectivity index (χ3v) is 5.21. The molecule has 2 N–H and O–H groups in total. The van der Waals surface area contributed by atoms with E-state index in [9.17, 15) is 4.79 Å². The number of piperidine rings is 1. The van der Waals surface area contributed by atoms with Crippen molar-refractivity contribution in [1.29, 1.82) is 0 Å². The lowest BCUT2D eigenvalue weighted by atomic mass is 9.79. The van der Waals surface area contributed by atoms with Crippen LogP contribution in [-0.4, -0.2) is 48.2 Å². The number of nitrogens with one attached hydrogen (secondary N) is 1. The smallest absolute Gasteiger partial charge is 0.223 e. The second kappa shape index (κ2) is 4.82. The van der Waals surface area contributed by atoms with E-state index in [-0.39, 0.29) is 6.61 Å². The summed E-state index contributed by atoms with van der Waals surface area (Å²) in [6.07, 6.45) is 7.09. The summed E-state index contributed by atoms with van der Waals surface area (Å²) in [5, 5.41) is 12.1. The minimum absolute atomic E-state index is 0.238. The molecule has 18 heavy (non-hydrogen) atoms. The van der Waals surface area contributed by atoms with E-state index in [1.165, 1.54) is 19.3 Å². The van der Waals surface area contributed by atoms with Crippen molar-refractivity contribution in [2.75, 3.05) is 26.2 Å². The molecule has 2 saturated carbocycles. The third-order valence-electron chi connectivity index (χ3n) is 5.21. The minimum atomic E-state index is 0.238. The van der Waals surface area contributed by atoms with Crippen molar-refractivity contribution in [3.8, 4) is 0 Å². The standard InChI is InChI=1S/C14H24N2O2/c17-9-8-16-6-2-11(3-7-16)15-13(18)12-10-14(12)4-1-5-14/h11-12,17H,1-10H2,(H,15,18)/t12-/m1/s1. The number of hydrogen-bond donors (Lipinski definition) is 2. The second-order valence-corrected chi connectivity index (χ2v) is 6.32. The highest BCUT2D eigenvalue weighted by Crippen LogP contribution is 2.65. The molecule has 1 saturated heterocycles. The molecule has 1 heterocycles. The molecule has 102 valence electrons. The number of aliphatic hydroxyl groups is 1. The molecule has 2 aliphatic carbocycles. The van der Waals surface area contributed by atoms with Crippen molar-refractivity contribution in [2.24, 2.45) is 11.3 Å². The van der Waals surface area contributed by atoms with Gasteiger partial charge in [-0.05, 0) is 37.5 Å². The molecule has 1 amide bonds. The van der Waals surface area contributed by atoms with E-state index < -0.39 is 0 Å². The molecule has 0 aromatic heterocycles. The van der Waals surface area contributed by atoms with Crippen molar-refractivity contribution in [3.63, 3.8) is 0 Å². The molecule has 4 nitrogen and oxygen atoms in total. The van der Waals surface area contributed by atoms with Gasteiger partial charge in [0.05, 0.1) is 6.61 Å². The number of carbonyl (C=O) groups is 1. The van der Waals surface area contributed by atoms with Crippen LogP contribution in [0, 0.1) is 11.3 Å². The summed E-state index contributed by atoms with van der Waals surface area (Å²) < 4.78 is 0. The number of aliphatic hydroxyl groups excluding tert-OH is 1. The van der Waals surface area contributed by atoms with E-state index >= 15 is 0 Å². The summed E-state index contributed by atoms with van der Waals surface area (Å²) in [7, 11) is 0. The fourth-order valence-electron chi connectivity index (χ4n) is 3.65. The molecule has 1 atom stereocenters. The first-order chi connectivity index (χ1) is 8.73. The monoisotopic (exact) mass is 252 g/mol. The number of hydrogen-bond acceptors (Lipinski definition) is 3. The van der Waals surface area contributed by atoms with Gasteiger partial charge in [-0.25, -0.2) is 0 Å². The topological polar surface area (TPSA) is 52.6 Å². The first kappa shape index (κ1) is 12.4. The Labute approximate surface area is 109 Å². The maximum atomic E-state index is 12.1. The maximum absolute atomic E-state index is 12.1. The normalized spacial score (nSPS) is 31.1. The highest BCUT2D eigenvalue weighted by molar-refractivity contribution is 5.83. The van der Waals surface area contributed by atoms with Gasteiger partial charge in [-0.2, -0.15) is 0 Å². The zero-order valence-electron chi connectivity index (χ0n) is 11.0. The Morgan fingerprint density at radius 3 is 2.56 bits per heavy atom. The Morgan fingerprint density at radius 2 is 2.06 bits per heavy atom. The van der Waals surface area contributed by atoms with Crippen molar-refractivity contribution in [1.82, 2.24) is 10.2 Å². The lowest BCUT2D eigenvalue weighted by Gasteiger charge is -2.32. The summed E-state index contributed by atoms with van der Waals surface area (Å²) in [5.41, 5.74) is 0.446. The van der Waals surface area contributed by atoms with Crippen LogP contribution in [0.2, 0.25) is 0 Å². The zero-order chi connectivity index (χ0) is 12.6. The number of rotatable bonds is 4. The van der Waals surface area contributed by atoms with Crippen LogP contribution in [0.15, 0.2) is 0 Å². The Hall–Kier alpha value is -0.610. The summed E-state index contributed by atoms with van der Waals surface area (Å²) in [6, 6.07) is 0.366. The van der Waals surface area contributed by atoms with E-state index in [0.717, 1.165) is 38.9 Å². The van der Waals surface area contributed by atoms with Gasteiger partial charge in [0.1, 0.15) is 0 Å². The largest absolute Gasteiger partial charge is 0.395 e. The summed E-state index contributed by atoms with van der Waals surface area (Å²) in [5.74, 6) is 0.650. The second-order valence-electron chi connectivity index (χ2n) is 6.32. The van der Waals surface area contributed by atoms with Gasteiger partial charge in [0.2, 0.25) is 5.91 Å². The predicted octanol–water partition coefficient (Wildman–Crippen LogP) is 0.749. The molecule has 1 spiro atoms. The van der Waals surface area contributed by atoms with E-state index in [1.807, 2.05) is 0 Å². The number of β-amino-alcohol motifs (C(OH)–C–C–N with tert-alkyl or cyclic N) is 1. The van der Waals surface area contributed by atoms with Gasteiger partial charge in [0, 0.05) is 31.6 Å². The lowest BCUT2D eigenvalue weighted by Crippen LogP contribution is -2.46. The number of likely N-dealkylation sites (tertiary alicyclic amines) is 1.